The lowest BCUT2D eigenvalue weighted by atomic mass is 9.93. The second kappa shape index (κ2) is 23.4. The summed E-state index contributed by atoms with van der Waals surface area (Å²) < 4.78 is 220. The molecule has 0 bridgehead atoms. The predicted octanol–water partition coefficient (Wildman–Crippen LogP) is 7.82. The van der Waals surface area contributed by atoms with Gasteiger partial charge in [0.05, 0.1) is 84.9 Å². The number of hydrogen-bond donors (Lipinski definition) is 2. The van der Waals surface area contributed by atoms with Crippen molar-refractivity contribution in [2.75, 3.05) is 69.7 Å². The summed E-state index contributed by atoms with van der Waals surface area (Å²) >= 11 is 6.68. The Bertz CT molecular complexity index is 3300. The molecule has 0 saturated heterocycles. The highest BCUT2D eigenvalue weighted by atomic mass is 35.5. The van der Waals surface area contributed by atoms with Crippen molar-refractivity contribution >= 4 is 60.2 Å². The predicted molar refractivity (Wildman–Crippen MR) is 262 cm³/mol. The summed E-state index contributed by atoms with van der Waals surface area (Å²) in [5, 5.41) is 17.5. The molecule has 31 heteroatoms. The first-order chi connectivity index (χ1) is 36.7. The van der Waals surface area contributed by atoms with E-state index >= 15 is 8.78 Å². The number of hydrogen-bond acceptors (Lipinski definition) is 14. The number of benzene rings is 2. The lowest BCUT2D eigenvalue weighted by Gasteiger charge is -2.25. The molecule has 434 valence electrons. The number of sulfone groups is 1. The average Bonchev–Trinajstić information content (AvgIpc) is 3.71. The van der Waals surface area contributed by atoms with Crippen molar-refractivity contribution in [3.05, 3.63) is 93.0 Å². The molecule has 3 heterocycles. The van der Waals surface area contributed by atoms with Crippen molar-refractivity contribution in [3.63, 3.8) is 0 Å². The molecule has 3 aromatic heterocycles. The van der Waals surface area contributed by atoms with Crippen LogP contribution in [0.3, 0.4) is 0 Å². The summed E-state index contributed by atoms with van der Waals surface area (Å²) in [6.45, 7) is -1.14. The molecule has 0 radical (unpaired) electrons. The van der Waals surface area contributed by atoms with Crippen molar-refractivity contribution in [1.29, 1.82) is 0 Å². The molecule has 2 aliphatic carbocycles. The second-order valence-electron chi connectivity index (χ2n) is 19.3. The fraction of sp³-hybridized carbons (Fsp3) is 0.521. The summed E-state index contributed by atoms with van der Waals surface area (Å²) in [7, 11) is -8.63. The lowest BCUT2D eigenvalue weighted by molar-refractivity contribution is -0.143. The van der Waals surface area contributed by atoms with Crippen molar-refractivity contribution in [2.24, 2.45) is 5.92 Å². The van der Waals surface area contributed by atoms with E-state index in [0.717, 1.165) is 30.5 Å². The lowest BCUT2D eigenvalue weighted by Crippen LogP contribution is -2.37. The maximum atomic E-state index is 15.7. The monoisotopic (exact) mass is 1190 g/mol. The number of carbonyl (C=O) groups is 2. The smallest absolute Gasteiger partial charge is 0.435 e. The normalized spacial score (nSPS) is 16.7. The van der Waals surface area contributed by atoms with Gasteiger partial charge in [-0.05, 0) is 75.3 Å². The maximum absolute atomic E-state index is 15.7. The number of aryl methyl sites for hydroxylation is 1. The third-order valence-electron chi connectivity index (χ3n) is 13.1. The molecule has 1 fully saturated rings. The highest BCUT2D eigenvalue weighted by molar-refractivity contribution is 7.92. The van der Waals surface area contributed by atoms with Gasteiger partial charge in [0.1, 0.15) is 37.0 Å². The van der Waals surface area contributed by atoms with Crippen molar-refractivity contribution in [3.8, 4) is 11.1 Å². The zero-order valence-corrected chi connectivity index (χ0v) is 44.7. The first-order valence-electron chi connectivity index (χ1n) is 24.0. The molecule has 0 spiro atoms. The Morgan fingerprint density at radius 3 is 2.06 bits per heavy atom. The molecule has 1 unspecified atom stereocenters. The van der Waals surface area contributed by atoms with E-state index in [1.54, 1.807) is 0 Å². The Balaban J connectivity index is 1.35. The van der Waals surface area contributed by atoms with Crippen LogP contribution in [0.4, 0.5) is 54.5 Å². The molecule has 2 amide bonds. The van der Waals surface area contributed by atoms with Gasteiger partial charge in [-0.25, -0.2) is 30.4 Å². The number of nitrogens with zero attached hydrogens (tertiary/aromatic N) is 6. The van der Waals surface area contributed by atoms with E-state index < -0.39 is 149 Å². The molecular weight excluding hydrogens is 1140 g/mol. The Kier molecular flexibility index (Phi) is 18.1. The average molecular weight is 1190 g/mol. The van der Waals surface area contributed by atoms with E-state index in [-0.39, 0.29) is 107 Å². The highest BCUT2D eigenvalue weighted by Gasteiger charge is 2.68. The first kappa shape index (κ1) is 61.0. The Labute approximate surface area is 450 Å². The summed E-state index contributed by atoms with van der Waals surface area (Å²) in [6, 6.07) is 5.15. The number of nitrogens with one attached hydrogen (secondary N) is 1. The van der Waals surface area contributed by atoms with Crippen LogP contribution in [-0.4, -0.2) is 135 Å². The van der Waals surface area contributed by atoms with Crippen molar-refractivity contribution < 1.29 is 94.4 Å². The second-order valence-corrected chi connectivity index (χ2v) is 24.2. The van der Waals surface area contributed by atoms with E-state index in [1.807, 2.05) is 0 Å². The van der Waals surface area contributed by atoms with Gasteiger partial charge in [-0.1, -0.05) is 23.7 Å². The van der Waals surface area contributed by atoms with Gasteiger partial charge in [-0.2, -0.15) is 49.6 Å². The minimum absolute atomic E-state index is 0.0348. The van der Waals surface area contributed by atoms with Crippen molar-refractivity contribution in [1.82, 2.24) is 29.9 Å². The third kappa shape index (κ3) is 14.1. The van der Waals surface area contributed by atoms with Crippen LogP contribution >= 0.6 is 11.6 Å². The first-order valence-corrected chi connectivity index (χ1v) is 28.1. The van der Waals surface area contributed by atoms with Crippen LogP contribution in [-0.2, 0) is 81.6 Å². The van der Waals surface area contributed by atoms with Gasteiger partial charge in [-0.15, -0.1) is 0 Å². The number of aromatic nitrogens is 5. The summed E-state index contributed by atoms with van der Waals surface area (Å²) in [6.07, 6.45) is -11.8. The van der Waals surface area contributed by atoms with E-state index in [1.165, 1.54) is 26.0 Å². The summed E-state index contributed by atoms with van der Waals surface area (Å²) in [5.41, 5.74) is -5.35. The number of sulfonamides is 1. The number of anilines is 1. The number of carbonyl (C=O) groups excluding carboxylic acids is 2. The molecule has 79 heavy (non-hydrogen) atoms. The van der Waals surface area contributed by atoms with Gasteiger partial charge in [0.15, 0.2) is 21.3 Å². The fourth-order valence-electron chi connectivity index (χ4n) is 9.05. The number of amides is 2. The SMILES string of the molecule is CC(C)(CCc1ccc(-c2ccc(Cl)c3c(N(C(=O)OCCOCCOCCOCCO)S(C)(=O)=O)nn(CC(F)(F)F)c23)c([C@H](Cc2cc(F)cc(F)c2)NC(=O)Cn2nc(C(F)(F)F)c3c2C(F)(F)C2C[C@H]32)n1)S(C)(=O)=O. The van der Waals surface area contributed by atoms with Crippen LogP contribution in [0, 0.1) is 17.6 Å². The Morgan fingerprint density at radius 1 is 0.873 bits per heavy atom. The highest BCUT2D eigenvalue weighted by Crippen LogP contribution is 2.68. The number of aliphatic hydroxyl groups excluding tert-OH is 1. The molecular formula is C48H52ClF10N7O11S2. The largest absolute Gasteiger partial charge is 0.446 e. The number of pyridine rings is 1. The zero-order valence-electron chi connectivity index (χ0n) is 42.4. The van der Waals surface area contributed by atoms with Gasteiger partial charge < -0.3 is 29.4 Å². The standard InChI is InChI=1S/C48H52ClF10N7O11S2/c1-45(2,78(3,70)71)10-9-29-5-6-30(39(60-29)35(21-26-19-27(50)22-28(51)20-26)61-36(68)24-64-42-37(41(62-64)48(57,58)59)32-23-33(32)47(42,55)56)31-7-8-34(49)38-40(31)65(25-46(52,53)54)63-43(38)66(79(4,72)73)44(69)77-18-17-76-16-15-75-14-13-74-12-11-67/h5-8,19-20,22,32-33,35,67H,9-18,21,23-25H2,1-4H3,(H,61,68)/t32-,33?,35-/m0/s1. The Hall–Kier alpha value is -5.66. The summed E-state index contributed by atoms with van der Waals surface area (Å²) in [5.74, 6) is -11.1. The van der Waals surface area contributed by atoms with Crippen LogP contribution in [0.2, 0.25) is 5.02 Å². The topological polar surface area (TPSA) is 223 Å². The minimum atomic E-state index is -5.22. The van der Waals surface area contributed by atoms with E-state index in [4.69, 9.17) is 40.6 Å². The molecule has 2 N–H and O–H groups in total. The maximum Gasteiger partial charge on any atom is 0.435 e. The number of halogens is 11. The molecule has 18 nitrogen and oxygen atoms in total. The molecule has 2 aliphatic rings. The molecule has 0 aliphatic heterocycles. The van der Waals surface area contributed by atoms with Crippen LogP contribution in [0.5, 0.6) is 0 Å². The van der Waals surface area contributed by atoms with E-state index in [2.05, 4.69) is 15.5 Å². The number of alkyl halides is 8. The van der Waals surface area contributed by atoms with Gasteiger partial charge in [-0.3, -0.25) is 19.1 Å². The van der Waals surface area contributed by atoms with Gasteiger partial charge in [0.2, 0.25) is 15.9 Å². The van der Waals surface area contributed by atoms with E-state index in [9.17, 15) is 61.5 Å². The summed E-state index contributed by atoms with van der Waals surface area (Å²) in [4.78, 5) is 32.7. The van der Waals surface area contributed by atoms with Gasteiger partial charge >= 0.3 is 18.4 Å². The fourth-order valence-corrected chi connectivity index (χ4v) is 10.5. The third-order valence-corrected chi connectivity index (χ3v) is 16.6. The van der Waals surface area contributed by atoms with Gasteiger partial charge in [0, 0.05) is 40.6 Å². The molecule has 5 aromatic rings. The molecule has 2 aromatic carbocycles. The van der Waals surface area contributed by atoms with Crippen LogP contribution in [0.1, 0.15) is 72.6 Å². The van der Waals surface area contributed by atoms with Crippen LogP contribution in [0.25, 0.3) is 22.0 Å². The van der Waals surface area contributed by atoms with Crippen LogP contribution < -0.4 is 9.62 Å². The quantitative estimate of drug-likeness (QED) is 0.0420. The Morgan fingerprint density at radius 2 is 1.48 bits per heavy atom. The molecule has 7 rings (SSSR count). The minimum Gasteiger partial charge on any atom is -0.446 e. The van der Waals surface area contributed by atoms with Crippen LogP contribution in [0.15, 0.2) is 42.5 Å². The number of fused-ring (bicyclic) bond motifs is 4. The molecule has 1 saturated carbocycles. The number of aliphatic hydroxyl groups is 1. The van der Waals surface area contributed by atoms with E-state index in [0.29, 0.717) is 12.3 Å². The van der Waals surface area contributed by atoms with Crippen molar-refractivity contribution in [2.45, 2.75) is 87.6 Å². The molecule has 3 atom stereocenters. The number of rotatable bonds is 25. The number of ether oxygens (including phenoxy) is 4. The zero-order chi connectivity index (χ0) is 58.2. The van der Waals surface area contributed by atoms with Gasteiger partial charge in [0.25, 0.3) is 5.92 Å².